The summed E-state index contributed by atoms with van der Waals surface area (Å²) >= 11 is 0. The van der Waals surface area contributed by atoms with Crippen LogP contribution in [0.15, 0.2) is 12.2 Å². The summed E-state index contributed by atoms with van der Waals surface area (Å²) in [6.45, 7) is 12.9. The van der Waals surface area contributed by atoms with E-state index in [1.807, 2.05) is 13.8 Å². The van der Waals surface area contributed by atoms with Crippen LogP contribution in [0.2, 0.25) is 0 Å². The molecule has 3 saturated carbocycles. The number of carbonyl (C=O) groups is 1. The molecule has 4 atom stereocenters. The van der Waals surface area contributed by atoms with Gasteiger partial charge in [-0.15, -0.1) is 0 Å². The molecule has 0 radical (unpaired) electrons. The number of carbonyl (C=O) groups excluding carboxylic acids is 1. The van der Waals surface area contributed by atoms with Gasteiger partial charge in [0, 0.05) is 13.0 Å². The largest absolute Gasteiger partial charge is 0.412 e. The van der Waals surface area contributed by atoms with E-state index in [-0.39, 0.29) is 5.48 Å². The maximum atomic E-state index is 12.3. The molecule has 3 nitrogen and oxygen atoms in total. The highest BCUT2D eigenvalue weighted by Crippen LogP contribution is 2.56. The number of ketones is 1. The van der Waals surface area contributed by atoms with E-state index in [1.54, 1.807) is 0 Å². The second-order valence-electron chi connectivity index (χ2n) is 7.51. The second kappa shape index (κ2) is 9.58. The van der Waals surface area contributed by atoms with Gasteiger partial charge < -0.3 is 10.6 Å². The molecule has 3 aliphatic rings. The third kappa shape index (κ3) is 4.45. The Kier molecular flexibility index (Phi) is 9.30. The lowest BCUT2D eigenvalue weighted by Gasteiger charge is -2.53. The van der Waals surface area contributed by atoms with Crippen LogP contribution >= 0.6 is 0 Å². The fraction of sp³-hybridized carbons (Fsp3) is 0.850. The molecule has 0 aromatic carbocycles. The Morgan fingerprint density at radius 3 is 2.26 bits per heavy atom. The maximum absolute atomic E-state index is 12.3. The summed E-state index contributed by atoms with van der Waals surface area (Å²) < 4.78 is 0. The molecule has 0 heterocycles. The van der Waals surface area contributed by atoms with E-state index in [2.05, 4.69) is 20.4 Å². The summed E-state index contributed by atoms with van der Waals surface area (Å²) in [5.74, 6) is 3.12. The van der Waals surface area contributed by atoms with Crippen LogP contribution in [0.25, 0.3) is 0 Å². The van der Waals surface area contributed by atoms with Gasteiger partial charge in [0.1, 0.15) is 0 Å². The molecule has 3 fully saturated rings. The third-order valence-electron chi connectivity index (χ3n) is 6.20. The van der Waals surface area contributed by atoms with E-state index >= 15 is 0 Å². The number of fused-ring (bicyclic) bond motifs is 3. The summed E-state index contributed by atoms with van der Waals surface area (Å²) in [7, 11) is 1.00. The Morgan fingerprint density at radius 1 is 1.04 bits per heavy atom. The third-order valence-corrected chi connectivity index (χ3v) is 6.20. The van der Waals surface area contributed by atoms with Gasteiger partial charge in [0.15, 0.2) is 5.78 Å². The normalized spacial score (nSPS) is 34.3. The summed E-state index contributed by atoms with van der Waals surface area (Å²) in [4.78, 5) is 12.3. The molecule has 0 aromatic rings. The van der Waals surface area contributed by atoms with E-state index in [0.29, 0.717) is 23.0 Å². The van der Waals surface area contributed by atoms with Crippen molar-refractivity contribution in [2.75, 3.05) is 7.11 Å². The summed E-state index contributed by atoms with van der Waals surface area (Å²) in [5, 5.41) is 7.00. The predicted molar refractivity (Wildman–Crippen MR) is 97.3 cm³/mol. The summed E-state index contributed by atoms with van der Waals surface area (Å²) in [6, 6.07) is 0. The number of rotatable bonds is 0. The lowest BCUT2D eigenvalue weighted by molar-refractivity contribution is -0.129. The first kappa shape index (κ1) is 22.3. The monoisotopic (exact) mass is 326 g/mol. The van der Waals surface area contributed by atoms with Gasteiger partial charge in [-0.3, -0.25) is 4.79 Å². The highest BCUT2D eigenvalue weighted by atomic mass is 16.2. The van der Waals surface area contributed by atoms with Crippen LogP contribution in [0.4, 0.5) is 0 Å². The number of hydrogen-bond donors (Lipinski definition) is 1. The minimum Gasteiger partial charge on any atom is -0.412 e. The molecule has 0 spiro atoms. The Bertz CT molecular complexity index is 386. The van der Waals surface area contributed by atoms with Gasteiger partial charge in [-0.1, -0.05) is 40.7 Å². The van der Waals surface area contributed by atoms with Crippen molar-refractivity contribution in [3.05, 3.63) is 12.2 Å². The minimum atomic E-state index is 0. The van der Waals surface area contributed by atoms with Crippen molar-refractivity contribution in [3.8, 4) is 0 Å². The van der Waals surface area contributed by atoms with Crippen LogP contribution < -0.4 is 0 Å². The van der Waals surface area contributed by atoms with Crippen LogP contribution in [0.5, 0.6) is 0 Å². The first-order valence-corrected chi connectivity index (χ1v) is 9.17. The molecule has 4 unspecified atom stereocenters. The molecular formula is C20H38O3. The van der Waals surface area contributed by atoms with Crippen molar-refractivity contribution in [1.82, 2.24) is 0 Å². The number of aliphatic hydroxyl groups excluding tert-OH is 1. The highest BCUT2D eigenvalue weighted by molar-refractivity contribution is 5.97. The van der Waals surface area contributed by atoms with Crippen molar-refractivity contribution in [1.29, 1.82) is 0 Å². The smallest absolute Gasteiger partial charge is 0.161 e. The molecule has 3 N–H and O–H groups in total. The number of hydrogen-bond acceptors (Lipinski definition) is 2. The fourth-order valence-electron chi connectivity index (χ4n) is 5.22. The quantitative estimate of drug-likeness (QED) is 0.678. The standard InChI is InChI=1S/C17H26O.C2H6.CH4O.H2O/c1-11-6-7-12-13-5-4-10-17(2,3)15(13)9-8-14(12)16(11)18;2*1-2;/h12-15H,1,4-10H2,2-3H3;1-2H3;2H,1H3;1H2. The van der Waals surface area contributed by atoms with E-state index in [0.717, 1.165) is 37.4 Å². The minimum absolute atomic E-state index is 0. The molecule has 0 bridgehead atoms. The zero-order valence-corrected chi connectivity index (χ0v) is 15.8. The topological polar surface area (TPSA) is 68.8 Å². The van der Waals surface area contributed by atoms with Gasteiger partial charge in [-0.25, -0.2) is 0 Å². The van der Waals surface area contributed by atoms with Crippen LogP contribution in [-0.4, -0.2) is 23.5 Å². The Balaban J connectivity index is 0.000000901. The summed E-state index contributed by atoms with van der Waals surface area (Å²) in [5.41, 5.74) is 1.41. The van der Waals surface area contributed by atoms with E-state index in [4.69, 9.17) is 5.11 Å². The van der Waals surface area contributed by atoms with Crippen molar-refractivity contribution < 1.29 is 15.4 Å². The van der Waals surface area contributed by atoms with Crippen LogP contribution in [-0.2, 0) is 4.79 Å². The van der Waals surface area contributed by atoms with Gasteiger partial charge >= 0.3 is 0 Å². The van der Waals surface area contributed by atoms with Crippen LogP contribution in [0.3, 0.4) is 0 Å². The predicted octanol–water partition coefficient (Wildman–Crippen LogP) is 4.18. The molecule has 23 heavy (non-hydrogen) atoms. The molecule has 136 valence electrons. The van der Waals surface area contributed by atoms with Gasteiger partial charge in [0.2, 0.25) is 0 Å². The lowest BCUT2D eigenvalue weighted by Crippen LogP contribution is -2.47. The zero-order chi connectivity index (χ0) is 16.9. The van der Waals surface area contributed by atoms with Crippen molar-refractivity contribution in [2.24, 2.45) is 29.1 Å². The molecule has 0 saturated heterocycles. The Hall–Kier alpha value is -0.670. The van der Waals surface area contributed by atoms with Crippen LogP contribution in [0, 0.1) is 29.1 Å². The molecule has 3 aliphatic carbocycles. The molecule has 0 aromatic heterocycles. The van der Waals surface area contributed by atoms with Crippen molar-refractivity contribution >= 4 is 5.78 Å². The first-order valence-electron chi connectivity index (χ1n) is 9.17. The second-order valence-corrected chi connectivity index (χ2v) is 7.51. The Morgan fingerprint density at radius 2 is 1.65 bits per heavy atom. The molecule has 0 aliphatic heterocycles. The molecule has 3 rings (SSSR count). The number of Topliss-reactive ketones (excluding diaryl/α,β-unsaturated/α-hetero) is 1. The van der Waals surface area contributed by atoms with E-state index in [1.165, 1.54) is 32.1 Å². The molecule has 0 amide bonds. The van der Waals surface area contributed by atoms with Gasteiger partial charge in [0.05, 0.1) is 0 Å². The highest BCUT2D eigenvalue weighted by Gasteiger charge is 2.50. The molecular weight excluding hydrogens is 288 g/mol. The summed E-state index contributed by atoms with van der Waals surface area (Å²) in [6.07, 6.45) is 8.72. The van der Waals surface area contributed by atoms with Crippen molar-refractivity contribution in [2.45, 2.75) is 72.6 Å². The SMILES string of the molecule is C=C1CCC2C(CCC3C2CCCC3(C)C)C1=O.CC.CO.O. The van der Waals surface area contributed by atoms with Crippen molar-refractivity contribution in [3.63, 3.8) is 0 Å². The Labute approximate surface area is 142 Å². The number of allylic oxidation sites excluding steroid dienone is 1. The van der Waals surface area contributed by atoms with E-state index < -0.39 is 0 Å². The van der Waals surface area contributed by atoms with Gasteiger partial charge in [-0.2, -0.15) is 0 Å². The van der Waals surface area contributed by atoms with E-state index in [9.17, 15) is 4.79 Å². The lowest BCUT2D eigenvalue weighted by atomic mass is 9.51. The molecule has 3 heteroatoms. The van der Waals surface area contributed by atoms with Gasteiger partial charge in [0.25, 0.3) is 0 Å². The zero-order valence-electron chi connectivity index (χ0n) is 15.8. The number of aliphatic hydroxyl groups is 1. The first-order chi connectivity index (χ1) is 10.5. The van der Waals surface area contributed by atoms with Gasteiger partial charge in [-0.05, 0) is 67.3 Å². The van der Waals surface area contributed by atoms with Crippen LogP contribution in [0.1, 0.15) is 72.6 Å². The maximum Gasteiger partial charge on any atom is 0.161 e. The average molecular weight is 327 g/mol. The average Bonchev–Trinajstić information content (AvgIpc) is 2.54. The fourth-order valence-corrected chi connectivity index (χ4v) is 5.22.